The Hall–Kier alpha value is -2.42. The largest absolute Gasteiger partial charge is 0.376 e. The van der Waals surface area contributed by atoms with E-state index in [-0.39, 0.29) is 23.0 Å². The van der Waals surface area contributed by atoms with Crippen LogP contribution in [0.2, 0.25) is 5.02 Å². The van der Waals surface area contributed by atoms with E-state index < -0.39 is 14.9 Å². The first-order valence-corrected chi connectivity index (χ1v) is 10.0. The van der Waals surface area contributed by atoms with Gasteiger partial charge in [0.2, 0.25) is 0 Å². The summed E-state index contributed by atoms with van der Waals surface area (Å²) in [6, 6.07) is 8.53. The molecular weight excluding hydrogens is 392 g/mol. The number of non-ortho nitro benzene ring substituents is 1. The Kier molecular flexibility index (Phi) is 4.41. The molecule has 2 aliphatic rings. The number of nitro groups is 1. The third-order valence-corrected chi connectivity index (χ3v) is 6.89. The third kappa shape index (κ3) is 3.09. The maximum Gasteiger partial charge on any atom is 0.269 e. The molecule has 0 saturated heterocycles. The molecule has 2 heterocycles. The van der Waals surface area contributed by atoms with Crippen molar-refractivity contribution in [2.75, 3.05) is 13.2 Å². The van der Waals surface area contributed by atoms with E-state index in [0.717, 1.165) is 16.7 Å². The molecule has 9 heteroatoms. The van der Waals surface area contributed by atoms with Gasteiger partial charge in [0.05, 0.1) is 23.0 Å². The van der Waals surface area contributed by atoms with Gasteiger partial charge in [0.15, 0.2) is 0 Å². The van der Waals surface area contributed by atoms with Crippen LogP contribution < -0.4 is 0 Å². The second-order valence-electron chi connectivity index (χ2n) is 6.38. The summed E-state index contributed by atoms with van der Waals surface area (Å²) in [5.41, 5.74) is 2.67. The molecule has 0 spiro atoms. The Bertz CT molecular complexity index is 1050. The summed E-state index contributed by atoms with van der Waals surface area (Å²) in [4.78, 5) is 10.2. The minimum atomic E-state index is -3.85. The molecule has 0 fully saturated rings. The lowest BCUT2D eigenvalue weighted by atomic mass is 9.89. The van der Waals surface area contributed by atoms with E-state index in [1.54, 1.807) is 12.1 Å². The molecule has 0 amide bonds. The average Bonchev–Trinajstić information content (AvgIpc) is 2.86. The number of hydrogen-bond acceptors (Lipinski definition) is 5. The highest BCUT2D eigenvalue weighted by Gasteiger charge is 2.32. The fourth-order valence-electron chi connectivity index (χ4n) is 3.46. The van der Waals surface area contributed by atoms with Gasteiger partial charge >= 0.3 is 0 Å². The molecule has 2 aromatic carbocycles. The minimum Gasteiger partial charge on any atom is -0.376 e. The maximum absolute atomic E-state index is 13.0. The van der Waals surface area contributed by atoms with Crippen LogP contribution in [0.1, 0.15) is 22.6 Å². The number of rotatable bonds is 3. The van der Waals surface area contributed by atoms with Crippen molar-refractivity contribution in [1.82, 2.24) is 4.31 Å². The fraction of sp³-hybridized carbons (Fsp3) is 0.222. The van der Waals surface area contributed by atoms with E-state index in [4.69, 9.17) is 16.3 Å². The highest BCUT2D eigenvalue weighted by atomic mass is 35.5. The Balaban J connectivity index is 1.72. The van der Waals surface area contributed by atoms with Crippen LogP contribution in [0.4, 0.5) is 5.69 Å². The van der Waals surface area contributed by atoms with E-state index in [1.807, 2.05) is 6.07 Å². The average molecular weight is 407 g/mol. The summed E-state index contributed by atoms with van der Waals surface area (Å²) in [5, 5.41) is 11.4. The van der Waals surface area contributed by atoms with Crippen molar-refractivity contribution in [3.63, 3.8) is 0 Å². The van der Waals surface area contributed by atoms with Crippen molar-refractivity contribution in [2.45, 2.75) is 17.4 Å². The first-order valence-electron chi connectivity index (χ1n) is 8.21. The zero-order chi connectivity index (χ0) is 19.2. The molecule has 2 aliphatic heterocycles. The fourth-order valence-corrected chi connectivity index (χ4v) is 5.02. The second kappa shape index (κ2) is 6.63. The SMILES string of the molecule is O=[N+]([O-])c1ccc(S(=O)(=O)N2C=Cc3ccc(Cl)c4c3C(COC4)C2)cc1. The molecule has 0 aromatic heterocycles. The van der Waals surface area contributed by atoms with Crippen LogP contribution in [0.25, 0.3) is 6.08 Å². The molecule has 7 nitrogen and oxygen atoms in total. The van der Waals surface area contributed by atoms with Gasteiger partial charge in [0.25, 0.3) is 15.7 Å². The summed E-state index contributed by atoms with van der Waals surface area (Å²) in [5.74, 6) is -0.148. The van der Waals surface area contributed by atoms with Gasteiger partial charge in [-0.05, 0) is 35.4 Å². The topological polar surface area (TPSA) is 89.8 Å². The predicted octanol–water partition coefficient (Wildman–Crippen LogP) is 3.54. The van der Waals surface area contributed by atoms with Crippen LogP contribution in [0, 0.1) is 10.1 Å². The van der Waals surface area contributed by atoms with Crippen LogP contribution in [0.3, 0.4) is 0 Å². The van der Waals surface area contributed by atoms with Crippen LogP contribution in [0.5, 0.6) is 0 Å². The lowest BCUT2D eigenvalue weighted by Gasteiger charge is -2.30. The van der Waals surface area contributed by atoms with Crippen LogP contribution in [-0.2, 0) is 21.4 Å². The van der Waals surface area contributed by atoms with E-state index in [0.29, 0.717) is 18.2 Å². The monoisotopic (exact) mass is 406 g/mol. The van der Waals surface area contributed by atoms with E-state index >= 15 is 0 Å². The van der Waals surface area contributed by atoms with Crippen molar-refractivity contribution in [2.24, 2.45) is 0 Å². The normalized spacial score (nSPS) is 18.7. The van der Waals surface area contributed by atoms with E-state index in [9.17, 15) is 18.5 Å². The van der Waals surface area contributed by atoms with Gasteiger partial charge < -0.3 is 4.74 Å². The molecule has 0 saturated carbocycles. The van der Waals surface area contributed by atoms with Crippen molar-refractivity contribution in [3.05, 3.63) is 74.4 Å². The van der Waals surface area contributed by atoms with Gasteiger partial charge in [0.1, 0.15) is 0 Å². The Labute approximate surface area is 161 Å². The molecule has 4 rings (SSSR count). The van der Waals surface area contributed by atoms with Crippen LogP contribution in [-0.4, -0.2) is 30.8 Å². The van der Waals surface area contributed by atoms with Crippen LogP contribution >= 0.6 is 11.6 Å². The molecule has 1 unspecified atom stereocenters. The number of benzene rings is 2. The first-order chi connectivity index (χ1) is 12.9. The summed E-state index contributed by atoms with van der Waals surface area (Å²) in [6.07, 6.45) is 3.28. The smallest absolute Gasteiger partial charge is 0.269 e. The van der Waals surface area contributed by atoms with Gasteiger partial charge in [0, 0.05) is 41.4 Å². The van der Waals surface area contributed by atoms with Crippen LogP contribution in [0.15, 0.2) is 47.5 Å². The zero-order valence-corrected chi connectivity index (χ0v) is 15.6. The minimum absolute atomic E-state index is 0.00121. The molecule has 1 atom stereocenters. The Morgan fingerprint density at radius 1 is 1.19 bits per heavy atom. The Morgan fingerprint density at radius 2 is 1.93 bits per heavy atom. The number of sulfonamides is 1. The number of halogens is 1. The van der Waals surface area contributed by atoms with Crippen molar-refractivity contribution in [1.29, 1.82) is 0 Å². The molecule has 2 aromatic rings. The molecule has 140 valence electrons. The van der Waals surface area contributed by atoms with Gasteiger partial charge in [-0.15, -0.1) is 0 Å². The lowest BCUT2D eigenvalue weighted by molar-refractivity contribution is -0.384. The van der Waals surface area contributed by atoms with Gasteiger partial charge in [-0.1, -0.05) is 17.7 Å². The number of nitro benzene ring substituents is 1. The third-order valence-electron chi connectivity index (χ3n) is 4.78. The molecule has 0 radical (unpaired) electrons. The van der Waals surface area contributed by atoms with E-state index in [2.05, 4.69) is 0 Å². The maximum atomic E-state index is 13.0. The standard InChI is InChI=1S/C18H15ClN2O5S/c19-17-6-1-12-7-8-20(9-13-10-26-11-16(17)18(12)13)27(24,25)15-4-2-14(3-5-15)21(22)23/h1-8,13H,9-11H2. The molecule has 0 N–H and O–H groups in total. The summed E-state index contributed by atoms with van der Waals surface area (Å²) >= 11 is 6.29. The van der Waals surface area contributed by atoms with Gasteiger partial charge in [-0.3, -0.25) is 14.4 Å². The molecule has 0 bridgehead atoms. The van der Waals surface area contributed by atoms with Crippen molar-refractivity contribution >= 4 is 33.4 Å². The zero-order valence-electron chi connectivity index (χ0n) is 14.0. The number of nitrogens with zero attached hydrogens (tertiary/aromatic N) is 2. The van der Waals surface area contributed by atoms with Crippen molar-refractivity contribution < 1.29 is 18.1 Å². The number of hydrogen-bond donors (Lipinski definition) is 0. The number of ether oxygens (including phenoxy) is 1. The summed E-state index contributed by atoms with van der Waals surface area (Å²) in [6.45, 7) is 1.01. The second-order valence-corrected chi connectivity index (χ2v) is 8.68. The molecule has 0 aliphatic carbocycles. The Morgan fingerprint density at radius 3 is 2.63 bits per heavy atom. The van der Waals surface area contributed by atoms with Gasteiger partial charge in [-0.2, -0.15) is 0 Å². The van der Waals surface area contributed by atoms with Crippen molar-refractivity contribution in [3.8, 4) is 0 Å². The summed E-state index contributed by atoms with van der Waals surface area (Å²) in [7, 11) is -3.85. The first kappa shape index (κ1) is 18.0. The lowest BCUT2D eigenvalue weighted by Crippen LogP contribution is -2.32. The molecule has 27 heavy (non-hydrogen) atoms. The predicted molar refractivity (Wildman–Crippen MR) is 99.9 cm³/mol. The quantitative estimate of drug-likeness (QED) is 0.574. The van der Waals surface area contributed by atoms with E-state index in [1.165, 1.54) is 34.8 Å². The highest BCUT2D eigenvalue weighted by molar-refractivity contribution is 7.89. The molecular formula is C18H15ClN2O5S. The summed E-state index contributed by atoms with van der Waals surface area (Å²) < 4.78 is 33.0. The highest BCUT2D eigenvalue weighted by Crippen LogP contribution is 2.38. The van der Waals surface area contributed by atoms with Gasteiger partial charge in [-0.25, -0.2) is 8.42 Å².